The summed E-state index contributed by atoms with van der Waals surface area (Å²) in [6, 6.07) is 9.96. The molecular formula is C21H28N6O2. The highest BCUT2D eigenvalue weighted by atomic mass is 16.5. The maximum atomic E-state index is 12.4. The van der Waals surface area contributed by atoms with E-state index in [1.54, 1.807) is 12.4 Å². The molecule has 0 radical (unpaired) electrons. The predicted octanol–water partition coefficient (Wildman–Crippen LogP) is 1.07. The molecule has 0 saturated carbocycles. The quantitative estimate of drug-likeness (QED) is 0.783. The molecule has 1 amide bonds. The predicted molar refractivity (Wildman–Crippen MR) is 112 cm³/mol. The SMILES string of the molecule is O=C(CN1CCN(c2ncccn2)CC1)Nc1ccc(CN2CCOCC2)cc1. The number of hydrogen-bond acceptors (Lipinski definition) is 7. The number of nitrogens with one attached hydrogen (secondary N) is 1. The average molecular weight is 396 g/mol. The van der Waals surface area contributed by atoms with E-state index in [-0.39, 0.29) is 5.91 Å². The largest absolute Gasteiger partial charge is 0.379 e. The number of benzene rings is 1. The summed E-state index contributed by atoms with van der Waals surface area (Å²) in [4.78, 5) is 27.7. The van der Waals surface area contributed by atoms with Crippen LogP contribution in [0.5, 0.6) is 0 Å². The fourth-order valence-corrected chi connectivity index (χ4v) is 3.68. The third-order valence-electron chi connectivity index (χ3n) is 5.32. The highest BCUT2D eigenvalue weighted by Crippen LogP contribution is 2.13. The van der Waals surface area contributed by atoms with E-state index in [0.717, 1.165) is 70.7 Å². The van der Waals surface area contributed by atoms with E-state index >= 15 is 0 Å². The summed E-state index contributed by atoms with van der Waals surface area (Å²) in [5.41, 5.74) is 2.10. The maximum absolute atomic E-state index is 12.4. The Hall–Kier alpha value is -2.55. The second kappa shape index (κ2) is 9.78. The van der Waals surface area contributed by atoms with Crippen LogP contribution in [0.3, 0.4) is 0 Å². The van der Waals surface area contributed by atoms with Crippen LogP contribution in [-0.4, -0.2) is 84.7 Å². The number of anilines is 2. The third kappa shape index (κ3) is 5.72. The van der Waals surface area contributed by atoms with Crippen LogP contribution in [0.15, 0.2) is 42.7 Å². The van der Waals surface area contributed by atoms with E-state index in [9.17, 15) is 4.79 Å². The number of nitrogens with zero attached hydrogens (tertiary/aromatic N) is 5. The molecule has 0 spiro atoms. The minimum atomic E-state index is 0.0235. The van der Waals surface area contributed by atoms with Gasteiger partial charge in [-0.15, -0.1) is 0 Å². The van der Waals surface area contributed by atoms with Crippen molar-refractivity contribution < 1.29 is 9.53 Å². The van der Waals surface area contributed by atoms with Gasteiger partial charge in [0, 0.05) is 63.9 Å². The van der Waals surface area contributed by atoms with Crippen molar-refractivity contribution in [2.24, 2.45) is 0 Å². The smallest absolute Gasteiger partial charge is 0.238 e. The zero-order valence-electron chi connectivity index (χ0n) is 16.7. The molecule has 29 heavy (non-hydrogen) atoms. The Balaban J connectivity index is 1.20. The van der Waals surface area contributed by atoms with E-state index in [4.69, 9.17) is 4.74 Å². The lowest BCUT2D eigenvalue weighted by Gasteiger charge is -2.34. The van der Waals surface area contributed by atoms with Gasteiger partial charge < -0.3 is 15.0 Å². The van der Waals surface area contributed by atoms with Gasteiger partial charge in [-0.05, 0) is 23.8 Å². The van der Waals surface area contributed by atoms with E-state index in [1.807, 2.05) is 18.2 Å². The Kier molecular flexibility index (Phi) is 6.66. The van der Waals surface area contributed by atoms with Crippen LogP contribution in [0.1, 0.15) is 5.56 Å². The molecule has 4 rings (SSSR count). The summed E-state index contributed by atoms with van der Waals surface area (Å²) in [5, 5.41) is 3.01. The number of ether oxygens (including phenoxy) is 1. The second-order valence-corrected chi connectivity index (χ2v) is 7.45. The maximum Gasteiger partial charge on any atom is 0.238 e. The first-order chi connectivity index (χ1) is 14.3. The number of carbonyl (C=O) groups is 1. The van der Waals surface area contributed by atoms with Crippen molar-refractivity contribution in [2.45, 2.75) is 6.54 Å². The van der Waals surface area contributed by atoms with Crippen LogP contribution >= 0.6 is 0 Å². The van der Waals surface area contributed by atoms with E-state index in [2.05, 4.69) is 42.1 Å². The molecule has 0 aliphatic carbocycles. The molecule has 0 unspecified atom stereocenters. The van der Waals surface area contributed by atoms with Gasteiger partial charge in [0.15, 0.2) is 0 Å². The summed E-state index contributed by atoms with van der Waals surface area (Å²) in [6.45, 7) is 8.19. The summed E-state index contributed by atoms with van der Waals surface area (Å²) in [5.74, 6) is 0.782. The summed E-state index contributed by atoms with van der Waals surface area (Å²) in [6.07, 6.45) is 3.52. The van der Waals surface area contributed by atoms with Gasteiger partial charge in [-0.2, -0.15) is 0 Å². The Morgan fingerprint density at radius 1 is 0.931 bits per heavy atom. The van der Waals surface area contributed by atoms with Gasteiger partial charge in [-0.1, -0.05) is 12.1 Å². The van der Waals surface area contributed by atoms with Crippen LogP contribution in [0, 0.1) is 0 Å². The van der Waals surface area contributed by atoms with Gasteiger partial charge in [0.25, 0.3) is 0 Å². The summed E-state index contributed by atoms with van der Waals surface area (Å²) >= 11 is 0. The molecule has 2 aliphatic rings. The van der Waals surface area contributed by atoms with Gasteiger partial charge in [0.05, 0.1) is 19.8 Å². The normalized spacial score (nSPS) is 18.6. The van der Waals surface area contributed by atoms with Crippen molar-refractivity contribution in [2.75, 3.05) is 69.2 Å². The number of hydrogen-bond donors (Lipinski definition) is 1. The van der Waals surface area contributed by atoms with Crippen LogP contribution < -0.4 is 10.2 Å². The van der Waals surface area contributed by atoms with Gasteiger partial charge in [-0.3, -0.25) is 14.6 Å². The van der Waals surface area contributed by atoms with Gasteiger partial charge in [0.1, 0.15) is 0 Å². The van der Waals surface area contributed by atoms with Gasteiger partial charge in [-0.25, -0.2) is 9.97 Å². The molecule has 2 fully saturated rings. The number of morpholine rings is 1. The lowest BCUT2D eigenvalue weighted by atomic mass is 10.2. The molecule has 2 saturated heterocycles. The zero-order chi connectivity index (χ0) is 19.9. The fourth-order valence-electron chi connectivity index (χ4n) is 3.68. The Bertz CT molecular complexity index is 772. The molecule has 8 nitrogen and oxygen atoms in total. The second-order valence-electron chi connectivity index (χ2n) is 7.45. The number of rotatable bonds is 6. The molecule has 0 bridgehead atoms. The molecular weight excluding hydrogens is 368 g/mol. The standard InChI is InChI=1S/C21H28N6O2/c28-20(17-25-8-10-27(11-9-25)21-22-6-1-7-23-21)24-19-4-2-18(3-5-19)16-26-12-14-29-15-13-26/h1-7H,8-17H2,(H,24,28). The lowest BCUT2D eigenvalue weighted by molar-refractivity contribution is -0.117. The monoisotopic (exact) mass is 396 g/mol. The number of carbonyl (C=O) groups excluding carboxylic acids is 1. The Morgan fingerprint density at radius 3 is 2.31 bits per heavy atom. The van der Waals surface area contributed by atoms with Crippen LogP contribution in [0.4, 0.5) is 11.6 Å². The summed E-state index contributed by atoms with van der Waals surface area (Å²) in [7, 11) is 0. The van der Waals surface area contributed by atoms with Crippen LogP contribution in [0.25, 0.3) is 0 Å². The first-order valence-corrected chi connectivity index (χ1v) is 10.2. The molecule has 2 aromatic rings. The van der Waals surface area contributed by atoms with E-state index in [1.165, 1.54) is 5.56 Å². The molecule has 1 N–H and O–H groups in total. The highest BCUT2D eigenvalue weighted by molar-refractivity contribution is 5.92. The van der Waals surface area contributed by atoms with E-state index in [0.29, 0.717) is 6.54 Å². The molecule has 2 aliphatic heterocycles. The van der Waals surface area contributed by atoms with Crippen molar-refractivity contribution in [1.82, 2.24) is 19.8 Å². The highest BCUT2D eigenvalue weighted by Gasteiger charge is 2.20. The van der Waals surface area contributed by atoms with Gasteiger partial charge >= 0.3 is 0 Å². The van der Waals surface area contributed by atoms with Crippen molar-refractivity contribution in [3.05, 3.63) is 48.3 Å². The third-order valence-corrected chi connectivity index (χ3v) is 5.32. The topological polar surface area (TPSA) is 73.8 Å². The van der Waals surface area contributed by atoms with Crippen LogP contribution in [-0.2, 0) is 16.1 Å². The molecule has 8 heteroatoms. The fraction of sp³-hybridized carbons (Fsp3) is 0.476. The average Bonchev–Trinajstić information content (AvgIpc) is 2.77. The molecule has 1 aromatic carbocycles. The molecule has 3 heterocycles. The number of amides is 1. The number of piperazine rings is 1. The minimum Gasteiger partial charge on any atom is -0.379 e. The van der Waals surface area contributed by atoms with Crippen molar-refractivity contribution in [1.29, 1.82) is 0 Å². The first-order valence-electron chi connectivity index (χ1n) is 10.2. The number of aromatic nitrogens is 2. The Morgan fingerprint density at radius 2 is 1.62 bits per heavy atom. The van der Waals surface area contributed by atoms with Crippen molar-refractivity contribution >= 4 is 17.5 Å². The lowest BCUT2D eigenvalue weighted by Crippen LogP contribution is -2.49. The summed E-state index contributed by atoms with van der Waals surface area (Å²) < 4.78 is 5.39. The zero-order valence-corrected chi connectivity index (χ0v) is 16.7. The minimum absolute atomic E-state index is 0.0235. The molecule has 154 valence electrons. The van der Waals surface area contributed by atoms with Gasteiger partial charge in [0.2, 0.25) is 11.9 Å². The first kappa shape index (κ1) is 19.8. The van der Waals surface area contributed by atoms with Crippen molar-refractivity contribution in [3.8, 4) is 0 Å². The van der Waals surface area contributed by atoms with Crippen LogP contribution in [0.2, 0.25) is 0 Å². The van der Waals surface area contributed by atoms with E-state index < -0.39 is 0 Å². The molecule has 0 atom stereocenters. The molecule has 1 aromatic heterocycles. The Labute approximate surface area is 171 Å². The van der Waals surface area contributed by atoms with Crippen molar-refractivity contribution in [3.63, 3.8) is 0 Å².